The molecule has 0 aliphatic rings. The van der Waals surface area contributed by atoms with E-state index in [1.807, 2.05) is 6.07 Å². The zero-order valence-corrected chi connectivity index (χ0v) is 7.48. The van der Waals surface area contributed by atoms with E-state index in [4.69, 9.17) is 10.8 Å². The molecule has 0 saturated heterocycles. The van der Waals surface area contributed by atoms with Gasteiger partial charge in [0.15, 0.2) is 0 Å². The summed E-state index contributed by atoms with van der Waals surface area (Å²) in [6.45, 7) is 0. The van der Waals surface area contributed by atoms with Crippen LogP contribution in [0.4, 0.5) is 5.69 Å². The maximum absolute atomic E-state index is 8.51. The van der Waals surface area contributed by atoms with Crippen molar-refractivity contribution in [3.63, 3.8) is 0 Å². The lowest BCUT2D eigenvalue weighted by Crippen LogP contribution is -1.73. The lowest BCUT2D eigenvalue weighted by molar-refractivity contribution is 1.42. The first-order valence-electron chi connectivity index (χ1n) is 3.02. The smallest absolute Gasteiger partial charge is 0.0992 e. The lowest BCUT2D eigenvalue weighted by Gasteiger charge is -1.95. The SMILES string of the molecule is N#Cc1ccc(N=[N+]=[N-])c(Br)c1. The van der Waals surface area contributed by atoms with Gasteiger partial charge in [-0.1, -0.05) is 27.1 Å². The number of rotatable bonds is 1. The van der Waals surface area contributed by atoms with E-state index in [-0.39, 0.29) is 0 Å². The second kappa shape index (κ2) is 3.77. The molecule has 0 fully saturated rings. The van der Waals surface area contributed by atoms with Gasteiger partial charge in [0.05, 0.1) is 17.3 Å². The lowest BCUT2D eigenvalue weighted by atomic mass is 10.2. The molecule has 58 valence electrons. The second-order valence-electron chi connectivity index (χ2n) is 1.97. The first kappa shape index (κ1) is 8.60. The molecule has 0 aliphatic heterocycles. The fraction of sp³-hybridized carbons (Fsp3) is 0. The molecule has 0 aromatic heterocycles. The molecular formula is C7H3BrN4. The molecule has 0 bridgehead atoms. The van der Waals surface area contributed by atoms with Crippen LogP contribution in [0.2, 0.25) is 0 Å². The summed E-state index contributed by atoms with van der Waals surface area (Å²) in [5.41, 5.74) is 9.15. The quantitative estimate of drug-likeness (QED) is 0.409. The van der Waals surface area contributed by atoms with Gasteiger partial charge in [0, 0.05) is 9.38 Å². The van der Waals surface area contributed by atoms with E-state index < -0.39 is 0 Å². The first-order valence-corrected chi connectivity index (χ1v) is 3.82. The molecule has 0 N–H and O–H groups in total. The van der Waals surface area contributed by atoms with Crippen molar-refractivity contribution < 1.29 is 0 Å². The molecule has 12 heavy (non-hydrogen) atoms. The van der Waals surface area contributed by atoms with Crippen LogP contribution in [0.25, 0.3) is 10.4 Å². The van der Waals surface area contributed by atoms with E-state index in [0.29, 0.717) is 15.7 Å². The Labute approximate surface area is 77.2 Å². The van der Waals surface area contributed by atoms with E-state index in [9.17, 15) is 0 Å². The minimum atomic E-state index is 0.483. The number of nitriles is 1. The van der Waals surface area contributed by atoms with Gasteiger partial charge in [-0.15, -0.1) is 0 Å². The molecule has 1 aromatic carbocycles. The zero-order chi connectivity index (χ0) is 8.97. The van der Waals surface area contributed by atoms with Crippen molar-refractivity contribution in [2.75, 3.05) is 0 Å². The van der Waals surface area contributed by atoms with Gasteiger partial charge in [-0.2, -0.15) is 5.26 Å². The molecule has 4 nitrogen and oxygen atoms in total. The van der Waals surface area contributed by atoms with Crippen LogP contribution in [0.1, 0.15) is 5.56 Å². The number of benzene rings is 1. The maximum atomic E-state index is 8.51. The summed E-state index contributed by atoms with van der Waals surface area (Å²) in [6.07, 6.45) is 0. The molecule has 1 rings (SSSR count). The van der Waals surface area contributed by atoms with E-state index in [1.54, 1.807) is 18.2 Å². The summed E-state index contributed by atoms with van der Waals surface area (Å²) in [5.74, 6) is 0. The highest BCUT2D eigenvalue weighted by molar-refractivity contribution is 9.10. The summed E-state index contributed by atoms with van der Waals surface area (Å²) in [7, 11) is 0. The van der Waals surface area contributed by atoms with Crippen LogP contribution in [-0.2, 0) is 0 Å². The van der Waals surface area contributed by atoms with E-state index >= 15 is 0 Å². The standard InChI is InChI=1S/C7H3BrN4/c8-6-3-5(4-9)1-2-7(6)11-12-10/h1-3H. The van der Waals surface area contributed by atoms with Crippen molar-refractivity contribution in [1.29, 1.82) is 5.26 Å². The van der Waals surface area contributed by atoms with Gasteiger partial charge in [-0.25, -0.2) is 0 Å². The summed E-state index contributed by atoms with van der Waals surface area (Å²) in [4.78, 5) is 2.63. The Morgan fingerprint density at radius 1 is 1.58 bits per heavy atom. The third-order valence-corrected chi connectivity index (χ3v) is 1.86. The molecule has 0 unspecified atom stereocenters. The van der Waals surface area contributed by atoms with Crippen LogP contribution in [0, 0.1) is 11.3 Å². The van der Waals surface area contributed by atoms with Crippen LogP contribution < -0.4 is 0 Å². The topological polar surface area (TPSA) is 72.5 Å². The minimum Gasteiger partial charge on any atom is -0.192 e. The molecule has 5 heteroatoms. The second-order valence-corrected chi connectivity index (χ2v) is 2.82. The fourth-order valence-corrected chi connectivity index (χ4v) is 1.16. The Balaban J connectivity index is 3.22. The van der Waals surface area contributed by atoms with E-state index in [0.717, 1.165) is 0 Å². The van der Waals surface area contributed by atoms with Crippen molar-refractivity contribution in [3.05, 3.63) is 38.7 Å². The number of nitrogens with zero attached hydrogens (tertiary/aromatic N) is 4. The van der Waals surface area contributed by atoms with Gasteiger partial charge in [-0.3, -0.25) is 0 Å². The molecular weight excluding hydrogens is 220 g/mol. The molecule has 0 heterocycles. The molecule has 1 aromatic rings. The highest BCUT2D eigenvalue weighted by Crippen LogP contribution is 2.25. The van der Waals surface area contributed by atoms with Crippen molar-refractivity contribution in [1.82, 2.24) is 0 Å². The Morgan fingerprint density at radius 3 is 2.83 bits per heavy atom. The third kappa shape index (κ3) is 1.76. The minimum absolute atomic E-state index is 0.483. The van der Waals surface area contributed by atoms with Crippen molar-refractivity contribution in [3.8, 4) is 6.07 Å². The first-order chi connectivity index (χ1) is 5.77. The summed E-state index contributed by atoms with van der Waals surface area (Å²) >= 11 is 3.17. The molecule has 0 radical (unpaired) electrons. The molecule has 0 spiro atoms. The Bertz CT molecular complexity index is 387. The van der Waals surface area contributed by atoms with Crippen LogP contribution in [-0.4, -0.2) is 0 Å². The molecule has 0 saturated carbocycles. The van der Waals surface area contributed by atoms with Crippen molar-refractivity contribution in [2.24, 2.45) is 5.11 Å². The highest BCUT2D eigenvalue weighted by Gasteiger charge is 1.97. The van der Waals surface area contributed by atoms with Crippen molar-refractivity contribution >= 4 is 21.6 Å². The van der Waals surface area contributed by atoms with E-state index in [2.05, 4.69) is 26.0 Å². The Morgan fingerprint density at radius 2 is 2.33 bits per heavy atom. The maximum Gasteiger partial charge on any atom is 0.0992 e. The number of hydrogen-bond donors (Lipinski definition) is 0. The van der Waals surface area contributed by atoms with Crippen molar-refractivity contribution in [2.45, 2.75) is 0 Å². The Hall–Kier alpha value is -1.50. The fourth-order valence-electron chi connectivity index (χ4n) is 0.706. The summed E-state index contributed by atoms with van der Waals surface area (Å²) in [5, 5.41) is 11.9. The van der Waals surface area contributed by atoms with Gasteiger partial charge in [0.25, 0.3) is 0 Å². The summed E-state index contributed by atoms with van der Waals surface area (Å²) < 4.78 is 0.624. The van der Waals surface area contributed by atoms with Gasteiger partial charge in [-0.05, 0) is 17.7 Å². The van der Waals surface area contributed by atoms with Gasteiger partial charge >= 0.3 is 0 Å². The van der Waals surface area contributed by atoms with Crippen LogP contribution in [0.15, 0.2) is 27.8 Å². The predicted molar refractivity (Wildman–Crippen MR) is 47.7 cm³/mol. The molecule has 0 atom stereocenters. The van der Waals surface area contributed by atoms with Crippen LogP contribution in [0.3, 0.4) is 0 Å². The predicted octanol–water partition coefficient (Wildman–Crippen LogP) is 3.26. The monoisotopic (exact) mass is 222 g/mol. The van der Waals surface area contributed by atoms with Crippen LogP contribution in [0.5, 0.6) is 0 Å². The van der Waals surface area contributed by atoms with E-state index in [1.165, 1.54) is 0 Å². The number of azide groups is 1. The van der Waals surface area contributed by atoms with Gasteiger partial charge in [0.2, 0.25) is 0 Å². The third-order valence-electron chi connectivity index (χ3n) is 1.23. The zero-order valence-electron chi connectivity index (χ0n) is 5.90. The Kier molecular flexibility index (Phi) is 2.70. The largest absolute Gasteiger partial charge is 0.192 e. The summed E-state index contributed by atoms with van der Waals surface area (Å²) in [6, 6.07) is 6.75. The average molecular weight is 223 g/mol. The number of hydrogen-bond acceptors (Lipinski definition) is 2. The number of halogens is 1. The van der Waals surface area contributed by atoms with Crippen LogP contribution >= 0.6 is 15.9 Å². The normalized spacial score (nSPS) is 8.33. The highest BCUT2D eigenvalue weighted by atomic mass is 79.9. The average Bonchev–Trinajstić information content (AvgIpc) is 2.09. The molecule has 0 aliphatic carbocycles. The van der Waals surface area contributed by atoms with Gasteiger partial charge in [0.1, 0.15) is 0 Å². The molecule has 0 amide bonds. The van der Waals surface area contributed by atoms with Gasteiger partial charge < -0.3 is 0 Å².